The zero-order chi connectivity index (χ0) is 19.9. The number of carbonyl (C=O) groups is 2. The molecule has 1 aromatic carbocycles. The van der Waals surface area contributed by atoms with Crippen molar-refractivity contribution in [3.63, 3.8) is 0 Å². The number of halogens is 2. The Balaban J connectivity index is 0.00000225. The molecule has 0 aliphatic carbocycles. The number of rotatable bonds is 6. The number of aromatic nitrogens is 1. The summed E-state index contributed by atoms with van der Waals surface area (Å²) < 4.78 is 0. The molecule has 1 aromatic heterocycles. The first-order valence-corrected chi connectivity index (χ1v) is 9.58. The smallest absolute Gasteiger partial charge is 0.241 e. The molecular formula is C21H29Cl2N5O2. The van der Waals surface area contributed by atoms with Crippen LogP contribution in [-0.2, 0) is 9.59 Å². The van der Waals surface area contributed by atoms with Gasteiger partial charge in [-0.2, -0.15) is 0 Å². The summed E-state index contributed by atoms with van der Waals surface area (Å²) in [5, 5.41) is 2.77. The van der Waals surface area contributed by atoms with Crippen molar-refractivity contribution >= 4 is 42.4 Å². The lowest BCUT2D eigenvalue weighted by Gasteiger charge is -2.35. The van der Waals surface area contributed by atoms with E-state index in [1.54, 1.807) is 6.20 Å². The first-order chi connectivity index (χ1) is 13.5. The minimum absolute atomic E-state index is 0. The number of benzene rings is 1. The zero-order valence-corrected chi connectivity index (χ0v) is 18.6. The molecule has 3 N–H and O–H groups in total. The van der Waals surface area contributed by atoms with E-state index in [9.17, 15) is 9.59 Å². The van der Waals surface area contributed by atoms with Crippen LogP contribution in [0.4, 0.5) is 5.82 Å². The van der Waals surface area contributed by atoms with Gasteiger partial charge in [-0.3, -0.25) is 9.59 Å². The molecule has 0 radical (unpaired) electrons. The largest absolute Gasteiger partial charge is 0.354 e. The van der Waals surface area contributed by atoms with Gasteiger partial charge in [-0.05, 0) is 24.6 Å². The Morgan fingerprint density at radius 1 is 1.07 bits per heavy atom. The number of carbonyl (C=O) groups excluding carboxylic acids is 2. The fourth-order valence-electron chi connectivity index (χ4n) is 3.21. The molecule has 0 bridgehead atoms. The highest BCUT2D eigenvalue weighted by molar-refractivity contribution is 5.85. The summed E-state index contributed by atoms with van der Waals surface area (Å²) in [6, 6.07) is 12.7. The molecular weight excluding hydrogens is 425 g/mol. The highest BCUT2D eigenvalue weighted by Crippen LogP contribution is 2.13. The van der Waals surface area contributed by atoms with Gasteiger partial charge < -0.3 is 20.9 Å². The molecule has 1 atom stereocenters. The maximum Gasteiger partial charge on any atom is 0.241 e. The van der Waals surface area contributed by atoms with Gasteiger partial charge in [0.15, 0.2) is 0 Å². The van der Waals surface area contributed by atoms with Crippen LogP contribution < -0.4 is 16.0 Å². The molecule has 7 nitrogen and oxygen atoms in total. The predicted molar refractivity (Wildman–Crippen MR) is 123 cm³/mol. The average molecular weight is 454 g/mol. The molecule has 164 valence electrons. The van der Waals surface area contributed by atoms with Crippen molar-refractivity contribution in [2.45, 2.75) is 19.4 Å². The first kappa shape index (κ1) is 25.7. The van der Waals surface area contributed by atoms with Gasteiger partial charge in [0.1, 0.15) is 11.9 Å². The van der Waals surface area contributed by atoms with Crippen molar-refractivity contribution in [2.24, 2.45) is 5.73 Å². The molecule has 2 aromatic rings. The Hall–Kier alpha value is -2.35. The lowest BCUT2D eigenvalue weighted by atomic mass is 10.1. The van der Waals surface area contributed by atoms with E-state index < -0.39 is 6.04 Å². The SMILES string of the molecule is Cc1ccc(C(N)C(=O)NCCC(=O)N2CCN(c3ccccn3)CC2)cc1.Cl.Cl. The van der Waals surface area contributed by atoms with Gasteiger partial charge in [0.05, 0.1) is 0 Å². The van der Waals surface area contributed by atoms with Crippen LogP contribution in [0.2, 0.25) is 0 Å². The maximum atomic E-state index is 12.4. The third-order valence-corrected chi connectivity index (χ3v) is 4.96. The number of hydrogen-bond acceptors (Lipinski definition) is 5. The molecule has 2 heterocycles. The van der Waals surface area contributed by atoms with E-state index in [1.807, 2.05) is 54.3 Å². The number of nitrogens with one attached hydrogen (secondary N) is 1. The summed E-state index contributed by atoms with van der Waals surface area (Å²) in [4.78, 5) is 33.0. The number of aryl methyl sites for hydroxylation is 1. The van der Waals surface area contributed by atoms with Crippen LogP contribution in [-0.4, -0.2) is 54.4 Å². The Kier molecular flexibility index (Phi) is 10.6. The molecule has 9 heteroatoms. The second kappa shape index (κ2) is 12.4. The fourth-order valence-corrected chi connectivity index (χ4v) is 3.21. The molecule has 30 heavy (non-hydrogen) atoms. The Labute approximate surface area is 189 Å². The molecule has 3 rings (SSSR count). The van der Waals surface area contributed by atoms with Gasteiger partial charge in [-0.1, -0.05) is 35.9 Å². The van der Waals surface area contributed by atoms with Crippen molar-refractivity contribution in [3.05, 3.63) is 59.8 Å². The monoisotopic (exact) mass is 453 g/mol. The number of pyridine rings is 1. The third-order valence-electron chi connectivity index (χ3n) is 4.96. The second-order valence-electron chi connectivity index (χ2n) is 6.99. The minimum atomic E-state index is -0.724. The van der Waals surface area contributed by atoms with Crippen molar-refractivity contribution in [1.82, 2.24) is 15.2 Å². The summed E-state index contributed by atoms with van der Waals surface area (Å²) in [5.74, 6) is 0.716. The highest BCUT2D eigenvalue weighted by atomic mass is 35.5. The zero-order valence-electron chi connectivity index (χ0n) is 17.0. The van der Waals surface area contributed by atoms with Crippen LogP contribution in [0, 0.1) is 6.92 Å². The summed E-state index contributed by atoms with van der Waals surface area (Å²) in [6.45, 7) is 5.11. The van der Waals surface area contributed by atoms with Gasteiger partial charge in [0.25, 0.3) is 0 Å². The first-order valence-electron chi connectivity index (χ1n) is 9.58. The van der Waals surface area contributed by atoms with E-state index in [0.29, 0.717) is 13.1 Å². The molecule has 2 amide bonds. The maximum absolute atomic E-state index is 12.4. The van der Waals surface area contributed by atoms with Gasteiger partial charge in [-0.25, -0.2) is 4.98 Å². The highest BCUT2D eigenvalue weighted by Gasteiger charge is 2.22. The van der Waals surface area contributed by atoms with Crippen LogP contribution in [0.1, 0.15) is 23.6 Å². The standard InChI is InChI=1S/C21H27N5O2.2ClH/c1-16-5-7-17(8-6-16)20(22)21(28)24-11-9-19(27)26-14-12-25(13-15-26)18-4-2-3-10-23-18;;/h2-8,10,20H,9,11-15,22H2,1H3,(H,24,28);2*1H. The van der Waals surface area contributed by atoms with Gasteiger partial charge in [-0.15, -0.1) is 24.8 Å². The lowest BCUT2D eigenvalue weighted by Crippen LogP contribution is -2.49. The van der Waals surface area contributed by atoms with Crippen molar-refractivity contribution in [1.29, 1.82) is 0 Å². The van der Waals surface area contributed by atoms with E-state index in [-0.39, 0.29) is 49.6 Å². The van der Waals surface area contributed by atoms with Crippen molar-refractivity contribution in [3.8, 4) is 0 Å². The van der Waals surface area contributed by atoms with Crippen molar-refractivity contribution < 1.29 is 9.59 Å². The molecule has 1 unspecified atom stereocenters. The second-order valence-corrected chi connectivity index (χ2v) is 6.99. The number of nitrogens with two attached hydrogens (primary N) is 1. The molecule has 1 fully saturated rings. The minimum Gasteiger partial charge on any atom is -0.354 e. The van der Waals surface area contributed by atoms with Gasteiger partial charge >= 0.3 is 0 Å². The summed E-state index contributed by atoms with van der Waals surface area (Å²) >= 11 is 0. The summed E-state index contributed by atoms with van der Waals surface area (Å²) in [6.07, 6.45) is 2.05. The molecule has 0 spiro atoms. The van der Waals surface area contributed by atoms with Crippen LogP contribution >= 0.6 is 24.8 Å². The van der Waals surface area contributed by atoms with E-state index in [2.05, 4.69) is 15.2 Å². The van der Waals surface area contributed by atoms with Crippen LogP contribution in [0.15, 0.2) is 48.7 Å². The predicted octanol–water partition coefficient (Wildman–Crippen LogP) is 2.09. The normalized spacial score (nSPS) is 14.2. The topological polar surface area (TPSA) is 91.6 Å². The number of piperazine rings is 1. The number of anilines is 1. The van der Waals surface area contributed by atoms with E-state index in [4.69, 9.17) is 5.73 Å². The Morgan fingerprint density at radius 2 is 1.73 bits per heavy atom. The molecule has 1 saturated heterocycles. The molecule has 0 saturated carbocycles. The summed E-state index contributed by atoms with van der Waals surface area (Å²) in [7, 11) is 0. The number of nitrogens with zero attached hydrogens (tertiary/aromatic N) is 3. The third kappa shape index (κ3) is 6.86. The lowest BCUT2D eigenvalue weighted by molar-refractivity contribution is -0.131. The molecule has 1 aliphatic rings. The van der Waals surface area contributed by atoms with E-state index in [0.717, 1.165) is 30.0 Å². The average Bonchev–Trinajstić information content (AvgIpc) is 2.74. The van der Waals surface area contributed by atoms with Crippen LogP contribution in [0.3, 0.4) is 0 Å². The van der Waals surface area contributed by atoms with Crippen LogP contribution in [0.5, 0.6) is 0 Å². The Morgan fingerprint density at radius 3 is 2.33 bits per heavy atom. The molecule has 1 aliphatic heterocycles. The number of amides is 2. The Bertz CT molecular complexity index is 797. The van der Waals surface area contributed by atoms with E-state index in [1.165, 1.54) is 0 Å². The fraction of sp³-hybridized carbons (Fsp3) is 0.381. The van der Waals surface area contributed by atoms with Crippen LogP contribution in [0.25, 0.3) is 0 Å². The summed E-state index contributed by atoms with van der Waals surface area (Å²) in [5.41, 5.74) is 7.88. The van der Waals surface area contributed by atoms with Gasteiger partial charge in [0.2, 0.25) is 11.8 Å². The number of hydrogen-bond donors (Lipinski definition) is 2. The van der Waals surface area contributed by atoms with Gasteiger partial charge in [0, 0.05) is 45.3 Å². The van der Waals surface area contributed by atoms with E-state index >= 15 is 0 Å². The quantitative estimate of drug-likeness (QED) is 0.698. The van der Waals surface area contributed by atoms with Crippen molar-refractivity contribution in [2.75, 3.05) is 37.6 Å².